The first-order valence-electron chi connectivity index (χ1n) is 7.09. The van der Waals surface area contributed by atoms with Gasteiger partial charge in [-0.05, 0) is 31.2 Å². The summed E-state index contributed by atoms with van der Waals surface area (Å²) in [5.41, 5.74) is 3.42. The zero-order chi connectivity index (χ0) is 15.2. The summed E-state index contributed by atoms with van der Waals surface area (Å²) in [6, 6.07) is 8.31. The van der Waals surface area contributed by atoms with Crippen molar-refractivity contribution in [2.45, 2.75) is 26.9 Å². The molecule has 0 atom stereocenters. The molecule has 1 N–H and O–H groups in total. The van der Waals surface area contributed by atoms with Crippen molar-refractivity contribution < 1.29 is 0 Å². The zero-order valence-electron chi connectivity index (χ0n) is 12.7. The summed E-state index contributed by atoms with van der Waals surface area (Å²) in [6.45, 7) is 6.69. The zero-order valence-corrected chi connectivity index (χ0v) is 14.3. The summed E-state index contributed by atoms with van der Waals surface area (Å²) in [5.74, 6) is 0.760. The molecule has 2 aromatic rings. The second-order valence-corrected chi connectivity index (χ2v) is 5.96. The van der Waals surface area contributed by atoms with E-state index in [4.69, 9.17) is 0 Å². The molecule has 4 nitrogen and oxygen atoms in total. The minimum atomic E-state index is 0.760. The third-order valence-electron chi connectivity index (χ3n) is 3.31. The molecule has 0 saturated heterocycles. The molecule has 0 unspecified atom stereocenters. The lowest BCUT2D eigenvalue weighted by atomic mass is 10.2. The quantitative estimate of drug-likeness (QED) is 0.869. The Bertz CT molecular complexity index is 583. The molecule has 0 bridgehead atoms. The van der Waals surface area contributed by atoms with Gasteiger partial charge in [-0.1, -0.05) is 35.0 Å². The molecule has 0 aliphatic heterocycles. The normalized spacial score (nSPS) is 10.7. The van der Waals surface area contributed by atoms with E-state index >= 15 is 0 Å². The van der Waals surface area contributed by atoms with Gasteiger partial charge in [-0.15, -0.1) is 0 Å². The fraction of sp³-hybridized carbons (Fsp3) is 0.375. The van der Waals surface area contributed by atoms with Crippen LogP contribution in [0.25, 0.3) is 0 Å². The van der Waals surface area contributed by atoms with E-state index in [0.29, 0.717) is 0 Å². The maximum atomic E-state index is 4.61. The largest absolute Gasteiger partial charge is 0.340 e. The van der Waals surface area contributed by atoms with E-state index in [1.165, 1.54) is 5.56 Å². The second kappa shape index (κ2) is 7.52. The number of anilines is 1. The number of nitrogens with zero attached hydrogens (tertiary/aromatic N) is 3. The van der Waals surface area contributed by atoms with Crippen LogP contribution in [0.15, 0.2) is 34.9 Å². The summed E-state index contributed by atoms with van der Waals surface area (Å²) in [6.07, 6.45) is 1.92. The average molecular weight is 349 g/mol. The lowest BCUT2D eigenvalue weighted by Gasteiger charge is -2.18. The fourth-order valence-electron chi connectivity index (χ4n) is 2.03. The summed E-state index contributed by atoms with van der Waals surface area (Å²) in [5, 5.41) is 3.30. The molecule has 0 aliphatic carbocycles. The summed E-state index contributed by atoms with van der Waals surface area (Å²) < 4.78 is 1.09. The van der Waals surface area contributed by atoms with Crippen molar-refractivity contribution >= 4 is 21.9 Å². The predicted octanol–water partition coefficient (Wildman–Crippen LogP) is 3.29. The highest BCUT2D eigenvalue weighted by Gasteiger charge is 2.08. The van der Waals surface area contributed by atoms with E-state index in [1.807, 2.05) is 20.2 Å². The number of halogens is 1. The van der Waals surface area contributed by atoms with Crippen LogP contribution in [0, 0.1) is 6.92 Å². The molecule has 0 spiro atoms. The van der Waals surface area contributed by atoms with Gasteiger partial charge in [0.15, 0.2) is 0 Å². The molecule has 1 aromatic heterocycles. The third kappa shape index (κ3) is 4.51. The molecule has 21 heavy (non-hydrogen) atoms. The van der Waals surface area contributed by atoms with Crippen molar-refractivity contribution in [2.75, 3.05) is 18.5 Å². The minimum absolute atomic E-state index is 0.760. The van der Waals surface area contributed by atoms with Crippen LogP contribution in [0.1, 0.15) is 23.7 Å². The van der Waals surface area contributed by atoms with E-state index in [9.17, 15) is 0 Å². The average Bonchev–Trinajstić information content (AvgIpc) is 2.48. The first-order valence-corrected chi connectivity index (χ1v) is 7.88. The van der Waals surface area contributed by atoms with Gasteiger partial charge in [0.25, 0.3) is 0 Å². The van der Waals surface area contributed by atoms with Crippen molar-refractivity contribution in [3.05, 3.63) is 51.8 Å². The predicted molar refractivity (Wildman–Crippen MR) is 90.4 cm³/mol. The fourth-order valence-corrected chi connectivity index (χ4v) is 2.30. The van der Waals surface area contributed by atoms with Crippen LogP contribution in [0.2, 0.25) is 0 Å². The van der Waals surface area contributed by atoms with Gasteiger partial charge in [0.05, 0.1) is 0 Å². The van der Waals surface area contributed by atoms with Crippen molar-refractivity contribution in [1.29, 1.82) is 0 Å². The van der Waals surface area contributed by atoms with Crippen LogP contribution < -0.4 is 10.2 Å². The van der Waals surface area contributed by atoms with Crippen LogP contribution in [-0.2, 0) is 13.1 Å². The first kappa shape index (κ1) is 15.9. The molecule has 1 heterocycles. The number of rotatable bonds is 6. The van der Waals surface area contributed by atoms with Crippen LogP contribution in [0.5, 0.6) is 0 Å². The molecule has 0 fully saturated rings. The lowest BCUT2D eigenvalue weighted by Crippen LogP contribution is -2.20. The van der Waals surface area contributed by atoms with Crippen molar-refractivity contribution in [3.8, 4) is 0 Å². The number of hydrogen-bond donors (Lipinski definition) is 1. The summed E-state index contributed by atoms with van der Waals surface area (Å²) in [4.78, 5) is 11.1. The highest BCUT2D eigenvalue weighted by molar-refractivity contribution is 9.10. The van der Waals surface area contributed by atoms with Gasteiger partial charge in [0, 0.05) is 42.1 Å². The number of benzene rings is 1. The molecule has 5 heteroatoms. The van der Waals surface area contributed by atoms with Crippen LogP contribution >= 0.6 is 15.9 Å². The molecule has 0 saturated carbocycles. The van der Waals surface area contributed by atoms with Crippen LogP contribution in [0.4, 0.5) is 5.95 Å². The first-order chi connectivity index (χ1) is 10.1. The Hall–Kier alpha value is -1.46. The lowest BCUT2D eigenvalue weighted by molar-refractivity contribution is 0.713. The Labute approximate surface area is 134 Å². The van der Waals surface area contributed by atoms with Gasteiger partial charge >= 0.3 is 0 Å². The SMILES string of the molecule is CCNCc1cnc(N(C)Cc2ccc(Br)cc2)nc1C. The van der Waals surface area contributed by atoms with E-state index < -0.39 is 0 Å². The van der Waals surface area contributed by atoms with Gasteiger partial charge in [-0.2, -0.15) is 0 Å². The number of aryl methyl sites for hydroxylation is 1. The second-order valence-electron chi connectivity index (χ2n) is 5.04. The van der Waals surface area contributed by atoms with E-state index in [1.54, 1.807) is 0 Å². The van der Waals surface area contributed by atoms with Gasteiger partial charge in [-0.25, -0.2) is 9.97 Å². The smallest absolute Gasteiger partial charge is 0.225 e. The van der Waals surface area contributed by atoms with Gasteiger partial charge in [0.1, 0.15) is 0 Å². The van der Waals surface area contributed by atoms with Crippen molar-refractivity contribution in [3.63, 3.8) is 0 Å². The number of aromatic nitrogens is 2. The Morgan fingerprint density at radius 1 is 1.24 bits per heavy atom. The molecular formula is C16H21BrN4. The highest BCUT2D eigenvalue weighted by Crippen LogP contribution is 2.15. The molecule has 0 amide bonds. The summed E-state index contributed by atoms with van der Waals surface area (Å²) in [7, 11) is 2.01. The Morgan fingerprint density at radius 2 is 1.95 bits per heavy atom. The van der Waals surface area contributed by atoms with E-state index in [0.717, 1.165) is 41.3 Å². The standard InChI is InChI=1S/C16H21BrN4/c1-4-18-9-14-10-19-16(20-12(14)2)21(3)11-13-5-7-15(17)8-6-13/h5-8,10,18H,4,9,11H2,1-3H3. The number of nitrogens with one attached hydrogen (secondary N) is 1. The number of hydrogen-bond acceptors (Lipinski definition) is 4. The maximum Gasteiger partial charge on any atom is 0.225 e. The van der Waals surface area contributed by atoms with Gasteiger partial charge < -0.3 is 10.2 Å². The van der Waals surface area contributed by atoms with E-state index in [-0.39, 0.29) is 0 Å². The van der Waals surface area contributed by atoms with E-state index in [2.05, 4.69) is 67.3 Å². The summed E-state index contributed by atoms with van der Waals surface area (Å²) >= 11 is 3.45. The molecule has 2 rings (SSSR count). The highest BCUT2D eigenvalue weighted by atomic mass is 79.9. The minimum Gasteiger partial charge on any atom is -0.340 e. The van der Waals surface area contributed by atoms with Gasteiger partial charge in [-0.3, -0.25) is 0 Å². The van der Waals surface area contributed by atoms with Crippen LogP contribution in [0.3, 0.4) is 0 Å². The van der Waals surface area contributed by atoms with Crippen LogP contribution in [-0.4, -0.2) is 23.6 Å². The molecular weight excluding hydrogens is 328 g/mol. The van der Waals surface area contributed by atoms with Crippen molar-refractivity contribution in [1.82, 2.24) is 15.3 Å². The topological polar surface area (TPSA) is 41.1 Å². The molecule has 0 radical (unpaired) electrons. The Balaban J connectivity index is 2.06. The molecule has 0 aliphatic rings. The third-order valence-corrected chi connectivity index (χ3v) is 3.84. The maximum absolute atomic E-state index is 4.61. The van der Waals surface area contributed by atoms with Gasteiger partial charge in [0.2, 0.25) is 5.95 Å². The Morgan fingerprint density at radius 3 is 2.57 bits per heavy atom. The molecule has 112 valence electrons. The monoisotopic (exact) mass is 348 g/mol. The van der Waals surface area contributed by atoms with Crippen molar-refractivity contribution in [2.24, 2.45) is 0 Å². The Kier molecular flexibility index (Phi) is 5.70. The molecule has 1 aromatic carbocycles.